The standard InChI is InChI=1S/C12H27N3O4S/c1-18-9-7-15(8-10-19-2)20(16,17)14-5-3-12(11-13)4-6-14/h12H,3-11,13H2,1-2H3. The lowest BCUT2D eigenvalue weighted by atomic mass is 9.99. The van der Waals surface area contributed by atoms with Gasteiger partial charge in [-0.1, -0.05) is 0 Å². The van der Waals surface area contributed by atoms with Gasteiger partial charge in [0.05, 0.1) is 13.2 Å². The van der Waals surface area contributed by atoms with Crippen molar-refractivity contribution in [3.63, 3.8) is 0 Å². The van der Waals surface area contributed by atoms with Gasteiger partial charge in [-0.25, -0.2) is 0 Å². The molecular formula is C12H27N3O4S. The van der Waals surface area contributed by atoms with Crippen LogP contribution < -0.4 is 5.73 Å². The molecule has 1 rings (SSSR count). The van der Waals surface area contributed by atoms with E-state index in [4.69, 9.17) is 15.2 Å². The van der Waals surface area contributed by atoms with Crippen molar-refractivity contribution >= 4 is 10.2 Å². The summed E-state index contributed by atoms with van der Waals surface area (Å²) in [5, 5.41) is 0. The van der Waals surface area contributed by atoms with Crippen molar-refractivity contribution in [2.24, 2.45) is 11.7 Å². The van der Waals surface area contributed by atoms with Gasteiger partial charge in [0.25, 0.3) is 10.2 Å². The van der Waals surface area contributed by atoms with E-state index >= 15 is 0 Å². The molecule has 0 amide bonds. The van der Waals surface area contributed by atoms with Crippen molar-refractivity contribution in [1.82, 2.24) is 8.61 Å². The van der Waals surface area contributed by atoms with E-state index in [2.05, 4.69) is 0 Å². The van der Waals surface area contributed by atoms with Gasteiger partial charge in [0, 0.05) is 40.4 Å². The molecule has 1 aliphatic heterocycles. The quantitative estimate of drug-likeness (QED) is 0.620. The van der Waals surface area contributed by atoms with Crippen LogP contribution in [0.1, 0.15) is 12.8 Å². The fraction of sp³-hybridized carbons (Fsp3) is 1.00. The lowest BCUT2D eigenvalue weighted by molar-refractivity contribution is 0.144. The minimum atomic E-state index is -3.43. The molecule has 0 radical (unpaired) electrons. The van der Waals surface area contributed by atoms with Crippen molar-refractivity contribution in [3.8, 4) is 0 Å². The number of nitrogens with two attached hydrogens (primary N) is 1. The van der Waals surface area contributed by atoms with Gasteiger partial charge in [-0.05, 0) is 25.3 Å². The number of nitrogens with zero attached hydrogens (tertiary/aromatic N) is 2. The molecule has 0 aliphatic carbocycles. The third kappa shape index (κ3) is 4.94. The Kier molecular flexibility index (Phi) is 7.93. The maximum absolute atomic E-state index is 12.6. The van der Waals surface area contributed by atoms with Gasteiger partial charge >= 0.3 is 0 Å². The van der Waals surface area contributed by atoms with E-state index < -0.39 is 10.2 Å². The fourth-order valence-corrected chi connectivity index (χ4v) is 3.88. The molecule has 120 valence electrons. The molecule has 7 nitrogen and oxygen atoms in total. The molecule has 0 aromatic carbocycles. The monoisotopic (exact) mass is 309 g/mol. The van der Waals surface area contributed by atoms with Crippen LogP contribution in [0.25, 0.3) is 0 Å². The SMILES string of the molecule is COCCN(CCOC)S(=O)(=O)N1CCC(CN)CC1. The predicted molar refractivity (Wildman–Crippen MR) is 77.6 cm³/mol. The topological polar surface area (TPSA) is 85.1 Å². The maximum Gasteiger partial charge on any atom is 0.282 e. The first kappa shape index (κ1) is 17.8. The van der Waals surface area contributed by atoms with Gasteiger partial charge in [-0.15, -0.1) is 0 Å². The van der Waals surface area contributed by atoms with Crippen LogP contribution in [-0.4, -0.2) is 77.2 Å². The van der Waals surface area contributed by atoms with Crippen LogP contribution in [0.15, 0.2) is 0 Å². The van der Waals surface area contributed by atoms with Crippen LogP contribution >= 0.6 is 0 Å². The summed E-state index contributed by atoms with van der Waals surface area (Å²) in [4.78, 5) is 0. The average Bonchev–Trinajstić information content (AvgIpc) is 2.47. The van der Waals surface area contributed by atoms with Crippen LogP contribution in [0.3, 0.4) is 0 Å². The summed E-state index contributed by atoms with van der Waals surface area (Å²) in [5.74, 6) is 0.438. The normalized spacial score (nSPS) is 18.8. The van der Waals surface area contributed by atoms with Crippen LogP contribution in [0.2, 0.25) is 0 Å². The Labute approximate surface area is 122 Å². The Hall–Kier alpha value is -0.250. The summed E-state index contributed by atoms with van der Waals surface area (Å²) in [6, 6.07) is 0. The molecule has 0 atom stereocenters. The highest BCUT2D eigenvalue weighted by atomic mass is 32.2. The second-order valence-electron chi connectivity index (χ2n) is 4.97. The van der Waals surface area contributed by atoms with Crippen molar-refractivity contribution < 1.29 is 17.9 Å². The van der Waals surface area contributed by atoms with E-state index in [-0.39, 0.29) is 0 Å². The minimum absolute atomic E-state index is 0.346. The highest BCUT2D eigenvalue weighted by Gasteiger charge is 2.32. The molecule has 1 aliphatic rings. The van der Waals surface area contributed by atoms with Gasteiger partial charge in [-0.3, -0.25) is 0 Å². The molecule has 0 aromatic rings. The molecule has 1 heterocycles. The highest BCUT2D eigenvalue weighted by Crippen LogP contribution is 2.20. The summed E-state index contributed by atoms with van der Waals surface area (Å²) in [6.45, 7) is 3.16. The van der Waals surface area contributed by atoms with E-state index in [0.717, 1.165) is 12.8 Å². The number of hydrogen-bond acceptors (Lipinski definition) is 5. The Bertz CT molecular complexity index is 348. The van der Waals surface area contributed by atoms with Crippen LogP contribution in [0, 0.1) is 5.92 Å². The fourth-order valence-electron chi connectivity index (χ4n) is 2.27. The molecular weight excluding hydrogens is 282 g/mol. The second kappa shape index (κ2) is 8.91. The second-order valence-corrected chi connectivity index (χ2v) is 6.90. The van der Waals surface area contributed by atoms with Gasteiger partial charge in [0.15, 0.2) is 0 Å². The third-order valence-corrected chi connectivity index (χ3v) is 5.68. The number of methoxy groups -OCH3 is 2. The number of hydrogen-bond donors (Lipinski definition) is 1. The van der Waals surface area contributed by atoms with E-state index in [1.165, 1.54) is 4.31 Å². The summed E-state index contributed by atoms with van der Waals surface area (Å²) in [6.07, 6.45) is 1.66. The molecule has 8 heteroatoms. The summed E-state index contributed by atoms with van der Waals surface area (Å²) in [7, 11) is -0.308. The Morgan fingerprint density at radius 2 is 1.65 bits per heavy atom. The van der Waals surface area contributed by atoms with Gasteiger partial charge < -0.3 is 15.2 Å². The zero-order valence-electron chi connectivity index (χ0n) is 12.5. The zero-order chi connectivity index (χ0) is 15.0. The molecule has 0 saturated carbocycles. The Morgan fingerprint density at radius 3 is 2.05 bits per heavy atom. The number of ether oxygens (including phenoxy) is 2. The lowest BCUT2D eigenvalue weighted by Crippen LogP contribution is -2.49. The first-order valence-electron chi connectivity index (χ1n) is 6.99. The molecule has 0 aromatic heterocycles. The minimum Gasteiger partial charge on any atom is -0.383 e. The molecule has 20 heavy (non-hydrogen) atoms. The van der Waals surface area contributed by atoms with Gasteiger partial charge in [-0.2, -0.15) is 17.0 Å². The molecule has 2 N–H and O–H groups in total. The average molecular weight is 309 g/mol. The largest absolute Gasteiger partial charge is 0.383 e. The molecule has 1 saturated heterocycles. The van der Waals surface area contributed by atoms with Crippen LogP contribution in [0.5, 0.6) is 0 Å². The van der Waals surface area contributed by atoms with E-state index in [1.807, 2.05) is 0 Å². The van der Waals surface area contributed by atoms with E-state index in [1.54, 1.807) is 18.5 Å². The number of rotatable bonds is 9. The Balaban J connectivity index is 2.66. The van der Waals surface area contributed by atoms with Crippen molar-refractivity contribution in [3.05, 3.63) is 0 Å². The molecule has 0 spiro atoms. The van der Waals surface area contributed by atoms with Gasteiger partial charge in [0.1, 0.15) is 0 Å². The third-order valence-electron chi connectivity index (χ3n) is 3.65. The number of piperidine rings is 1. The van der Waals surface area contributed by atoms with E-state index in [0.29, 0.717) is 51.9 Å². The summed E-state index contributed by atoms with van der Waals surface area (Å²) >= 11 is 0. The van der Waals surface area contributed by atoms with Crippen LogP contribution in [-0.2, 0) is 19.7 Å². The first-order chi connectivity index (χ1) is 9.56. The maximum atomic E-state index is 12.6. The molecule has 0 bridgehead atoms. The summed E-state index contributed by atoms with van der Waals surface area (Å²) in [5.41, 5.74) is 5.64. The first-order valence-corrected chi connectivity index (χ1v) is 8.39. The molecule has 1 fully saturated rings. The molecule has 0 unspecified atom stereocenters. The van der Waals surface area contributed by atoms with Gasteiger partial charge in [0.2, 0.25) is 0 Å². The lowest BCUT2D eigenvalue weighted by Gasteiger charge is -2.34. The highest BCUT2D eigenvalue weighted by molar-refractivity contribution is 7.86. The van der Waals surface area contributed by atoms with Crippen molar-refractivity contribution in [2.75, 3.05) is 60.2 Å². The predicted octanol–water partition coefficient (Wildman–Crippen LogP) is -0.503. The Morgan fingerprint density at radius 1 is 1.15 bits per heavy atom. The van der Waals surface area contributed by atoms with Crippen molar-refractivity contribution in [2.45, 2.75) is 12.8 Å². The smallest absolute Gasteiger partial charge is 0.282 e. The van der Waals surface area contributed by atoms with Crippen molar-refractivity contribution in [1.29, 1.82) is 0 Å². The van der Waals surface area contributed by atoms with E-state index in [9.17, 15) is 8.42 Å². The zero-order valence-corrected chi connectivity index (χ0v) is 13.3. The van der Waals surface area contributed by atoms with Crippen LogP contribution in [0.4, 0.5) is 0 Å². The summed E-state index contributed by atoms with van der Waals surface area (Å²) < 4.78 is 38.2.